The molecule has 2 aromatic carbocycles. The monoisotopic (exact) mass is 395 g/mol. The van der Waals surface area contributed by atoms with Gasteiger partial charge in [0.25, 0.3) is 11.8 Å². The molecule has 144 valence electrons. The Balaban J connectivity index is 1.54. The molecule has 4 rings (SSSR count). The van der Waals surface area contributed by atoms with Crippen molar-refractivity contribution in [1.82, 2.24) is 4.90 Å². The number of carbonyl (C=O) groups is 2. The number of likely N-dealkylation sites (N-methyl/N-ethyl adjacent to an activating group) is 1. The van der Waals surface area contributed by atoms with Crippen LogP contribution in [0.3, 0.4) is 0 Å². The molecule has 2 aromatic rings. The number of hydrogen-bond acceptors (Lipinski definition) is 4. The summed E-state index contributed by atoms with van der Waals surface area (Å²) in [4.78, 5) is 31.5. The summed E-state index contributed by atoms with van der Waals surface area (Å²) < 4.78 is 0. The third kappa shape index (κ3) is 3.32. The number of imide groups is 1. The first-order valence-electron chi connectivity index (χ1n) is 9.51. The second-order valence-corrected chi connectivity index (χ2v) is 7.32. The van der Waals surface area contributed by atoms with Crippen molar-refractivity contribution in [2.24, 2.45) is 0 Å². The maximum absolute atomic E-state index is 12.9. The molecular formula is C22H22ClN3O2. The summed E-state index contributed by atoms with van der Waals surface area (Å²) in [5.41, 5.74) is 2.54. The Morgan fingerprint density at radius 2 is 1.43 bits per heavy atom. The van der Waals surface area contributed by atoms with Crippen molar-refractivity contribution in [1.29, 1.82) is 0 Å². The topological polar surface area (TPSA) is 43.9 Å². The maximum Gasteiger partial charge on any atom is 0.277 e. The zero-order valence-corrected chi connectivity index (χ0v) is 16.5. The summed E-state index contributed by atoms with van der Waals surface area (Å²) in [6, 6.07) is 16.6. The largest absolute Gasteiger partial charge is 0.369 e. The summed E-state index contributed by atoms with van der Waals surface area (Å²) in [5.74, 6) is -0.861. The number of carbonyl (C=O) groups excluding carboxylic acids is 2. The molecule has 2 amide bonds. The third-order valence-corrected chi connectivity index (χ3v) is 5.73. The zero-order chi connectivity index (χ0) is 19.7. The highest BCUT2D eigenvalue weighted by Crippen LogP contribution is 2.35. The first kappa shape index (κ1) is 18.7. The fraction of sp³-hybridized carbons (Fsp3) is 0.273. The van der Waals surface area contributed by atoms with Gasteiger partial charge in [0.05, 0.1) is 11.3 Å². The van der Waals surface area contributed by atoms with Gasteiger partial charge in [-0.25, -0.2) is 4.90 Å². The van der Waals surface area contributed by atoms with E-state index in [1.54, 1.807) is 12.1 Å². The number of nitrogens with zero attached hydrogens (tertiary/aromatic N) is 3. The lowest BCUT2D eigenvalue weighted by molar-refractivity contribution is -0.119. The van der Waals surface area contributed by atoms with Crippen LogP contribution in [-0.4, -0.2) is 49.4 Å². The Morgan fingerprint density at radius 3 is 2.04 bits per heavy atom. The van der Waals surface area contributed by atoms with Crippen LogP contribution in [0.4, 0.5) is 11.4 Å². The Kier molecular flexibility index (Phi) is 5.20. The molecule has 0 spiro atoms. The summed E-state index contributed by atoms with van der Waals surface area (Å²) in [6.07, 6.45) is 0. The van der Waals surface area contributed by atoms with E-state index in [1.165, 1.54) is 0 Å². The minimum atomic E-state index is -0.477. The molecule has 2 heterocycles. The Labute approximate surface area is 169 Å². The summed E-state index contributed by atoms with van der Waals surface area (Å²) in [7, 11) is 0. The highest BCUT2D eigenvalue weighted by molar-refractivity contribution is 6.60. The predicted octanol–water partition coefficient (Wildman–Crippen LogP) is 3.35. The Hall–Kier alpha value is -2.63. The van der Waals surface area contributed by atoms with E-state index >= 15 is 0 Å². The van der Waals surface area contributed by atoms with Gasteiger partial charge in [-0.2, -0.15) is 0 Å². The van der Waals surface area contributed by atoms with Crippen molar-refractivity contribution in [3.63, 3.8) is 0 Å². The molecule has 0 radical (unpaired) electrons. The minimum absolute atomic E-state index is 0.0315. The molecule has 5 nitrogen and oxygen atoms in total. The van der Waals surface area contributed by atoms with Crippen molar-refractivity contribution in [3.8, 4) is 0 Å². The molecule has 2 aliphatic heterocycles. The SMILES string of the molecule is CCN1CCN(c2ccc(N3C(=O)C(Cl)=C(c4ccccc4)C3=O)cc2)CC1. The van der Waals surface area contributed by atoms with E-state index in [4.69, 9.17) is 11.6 Å². The number of anilines is 2. The van der Waals surface area contributed by atoms with Gasteiger partial charge in [0.1, 0.15) is 5.03 Å². The first-order valence-corrected chi connectivity index (χ1v) is 9.89. The smallest absolute Gasteiger partial charge is 0.277 e. The van der Waals surface area contributed by atoms with Crippen LogP contribution < -0.4 is 9.80 Å². The van der Waals surface area contributed by atoms with E-state index in [1.807, 2.05) is 42.5 Å². The van der Waals surface area contributed by atoms with Crippen LogP contribution in [0.15, 0.2) is 59.6 Å². The van der Waals surface area contributed by atoms with Crippen LogP contribution in [0, 0.1) is 0 Å². The minimum Gasteiger partial charge on any atom is -0.369 e. The van der Waals surface area contributed by atoms with E-state index < -0.39 is 5.91 Å². The average Bonchev–Trinajstić information content (AvgIpc) is 2.97. The van der Waals surface area contributed by atoms with Gasteiger partial charge in [-0.05, 0) is 36.4 Å². The van der Waals surface area contributed by atoms with Crippen LogP contribution in [-0.2, 0) is 9.59 Å². The standard InChI is InChI=1S/C22H22ClN3O2/c1-2-24-12-14-25(15-13-24)17-8-10-18(11-9-17)26-21(27)19(20(23)22(26)28)16-6-4-3-5-7-16/h3-11H,2,12-15H2,1H3. The van der Waals surface area contributed by atoms with E-state index in [0.29, 0.717) is 11.3 Å². The summed E-state index contributed by atoms with van der Waals surface area (Å²) in [6.45, 7) is 7.28. The number of benzene rings is 2. The summed E-state index contributed by atoms with van der Waals surface area (Å²) in [5, 5.41) is -0.0315. The van der Waals surface area contributed by atoms with E-state index in [0.717, 1.165) is 43.3 Å². The zero-order valence-electron chi connectivity index (χ0n) is 15.8. The fourth-order valence-electron chi connectivity index (χ4n) is 3.73. The Bertz CT molecular complexity index is 917. The maximum atomic E-state index is 12.9. The highest BCUT2D eigenvalue weighted by atomic mass is 35.5. The normalized spacial score (nSPS) is 18.4. The molecule has 0 unspecified atom stereocenters. The van der Waals surface area contributed by atoms with Crippen LogP contribution in [0.25, 0.3) is 5.57 Å². The van der Waals surface area contributed by atoms with Crippen molar-refractivity contribution in [2.45, 2.75) is 6.92 Å². The van der Waals surface area contributed by atoms with Crippen LogP contribution in [0.1, 0.15) is 12.5 Å². The molecule has 2 aliphatic rings. The lowest BCUT2D eigenvalue weighted by Gasteiger charge is -2.35. The van der Waals surface area contributed by atoms with Crippen molar-refractivity contribution >= 4 is 40.4 Å². The van der Waals surface area contributed by atoms with Gasteiger partial charge in [-0.3, -0.25) is 9.59 Å². The molecule has 1 saturated heterocycles. The second kappa shape index (κ2) is 7.78. The number of rotatable bonds is 4. The number of hydrogen-bond donors (Lipinski definition) is 0. The van der Waals surface area contributed by atoms with Crippen molar-refractivity contribution in [2.75, 3.05) is 42.5 Å². The lowest BCUT2D eigenvalue weighted by Crippen LogP contribution is -2.46. The van der Waals surface area contributed by atoms with Gasteiger partial charge in [0.2, 0.25) is 0 Å². The Morgan fingerprint density at radius 1 is 0.821 bits per heavy atom. The van der Waals surface area contributed by atoms with Gasteiger partial charge in [0.15, 0.2) is 0 Å². The molecule has 0 aliphatic carbocycles. The van der Waals surface area contributed by atoms with Gasteiger partial charge >= 0.3 is 0 Å². The van der Waals surface area contributed by atoms with Crippen LogP contribution in [0.2, 0.25) is 0 Å². The summed E-state index contributed by atoms with van der Waals surface area (Å²) >= 11 is 6.24. The molecule has 0 saturated carbocycles. The third-order valence-electron chi connectivity index (χ3n) is 5.38. The molecule has 0 bridgehead atoms. The van der Waals surface area contributed by atoms with Gasteiger partial charge in [-0.1, -0.05) is 48.9 Å². The fourth-order valence-corrected chi connectivity index (χ4v) is 4.00. The van der Waals surface area contributed by atoms with E-state index in [-0.39, 0.29) is 16.5 Å². The predicted molar refractivity (Wildman–Crippen MR) is 112 cm³/mol. The molecule has 0 aromatic heterocycles. The molecule has 28 heavy (non-hydrogen) atoms. The first-order chi connectivity index (χ1) is 13.6. The van der Waals surface area contributed by atoms with E-state index in [2.05, 4.69) is 16.7 Å². The molecule has 6 heteroatoms. The molecule has 0 atom stereocenters. The second-order valence-electron chi connectivity index (χ2n) is 6.94. The number of halogens is 1. The molecular weight excluding hydrogens is 374 g/mol. The molecule has 0 N–H and O–H groups in total. The van der Waals surface area contributed by atoms with Crippen LogP contribution >= 0.6 is 11.6 Å². The number of piperazine rings is 1. The highest BCUT2D eigenvalue weighted by Gasteiger charge is 2.39. The van der Waals surface area contributed by atoms with Gasteiger partial charge in [0, 0.05) is 31.9 Å². The van der Waals surface area contributed by atoms with Crippen LogP contribution in [0.5, 0.6) is 0 Å². The lowest BCUT2D eigenvalue weighted by atomic mass is 10.1. The van der Waals surface area contributed by atoms with Crippen molar-refractivity contribution in [3.05, 3.63) is 65.2 Å². The van der Waals surface area contributed by atoms with Gasteiger partial charge in [-0.15, -0.1) is 0 Å². The van der Waals surface area contributed by atoms with Crippen molar-refractivity contribution < 1.29 is 9.59 Å². The number of amides is 2. The molecule has 1 fully saturated rings. The van der Waals surface area contributed by atoms with E-state index in [9.17, 15) is 9.59 Å². The quantitative estimate of drug-likeness (QED) is 0.745. The average molecular weight is 396 g/mol. The van der Waals surface area contributed by atoms with Gasteiger partial charge < -0.3 is 9.80 Å².